The average Bonchev–Trinajstić information content (AvgIpc) is 3.49. The highest BCUT2D eigenvalue weighted by Gasteiger charge is 2.34. The molecule has 0 aliphatic rings. The number of hydrogen-bond donors (Lipinski definition) is 0. The van der Waals surface area contributed by atoms with Crippen LogP contribution in [0.1, 0.15) is 26.7 Å². The molecule has 1 aromatic heterocycles. The van der Waals surface area contributed by atoms with Crippen LogP contribution in [-0.2, 0) is 13.6 Å². The molecule has 0 spiro atoms. The van der Waals surface area contributed by atoms with Gasteiger partial charge in [-0.25, -0.2) is 0 Å². The predicted octanol–water partition coefficient (Wildman–Crippen LogP) is 11.4. The van der Waals surface area contributed by atoms with Gasteiger partial charge in [0.25, 0.3) is 0 Å². The summed E-state index contributed by atoms with van der Waals surface area (Å²) < 4.78 is 27.4. The van der Waals surface area contributed by atoms with E-state index in [4.69, 9.17) is 9.05 Å². The maximum Gasteiger partial charge on any atom is 0.362 e. The van der Waals surface area contributed by atoms with Crippen LogP contribution in [0.25, 0.3) is 64.0 Å². The van der Waals surface area contributed by atoms with Crippen LogP contribution in [0.4, 0.5) is 0 Å². The summed E-state index contributed by atoms with van der Waals surface area (Å²) in [5, 5.41) is 9.87. The molecule has 0 N–H and O–H groups in total. The monoisotopic (exact) mass is 600 g/mol. The van der Waals surface area contributed by atoms with Crippen LogP contribution >= 0.6 is 18.9 Å². The van der Waals surface area contributed by atoms with Crippen LogP contribution in [0.3, 0.4) is 0 Å². The third-order valence-electron chi connectivity index (χ3n) is 7.95. The van der Waals surface area contributed by atoms with Gasteiger partial charge in [-0.15, -0.1) is 11.3 Å². The van der Waals surface area contributed by atoms with E-state index in [1.165, 1.54) is 21.5 Å². The van der Waals surface area contributed by atoms with Crippen molar-refractivity contribution in [2.24, 2.45) is 0 Å². The minimum atomic E-state index is -3.67. The zero-order chi connectivity index (χ0) is 29.4. The van der Waals surface area contributed by atoms with E-state index >= 15 is 0 Å². The average molecular weight is 601 g/mol. The van der Waals surface area contributed by atoms with Gasteiger partial charge in [0.2, 0.25) is 0 Å². The lowest BCUT2D eigenvalue weighted by Crippen LogP contribution is -2.12. The SMILES string of the molecule is CCCOP(=O)(OCCC)c1cc(-c2c3ccccc3cc3ccccc23)sc1-c1c2ccccc2cc2ccccc12. The summed E-state index contributed by atoms with van der Waals surface area (Å²) in [6, 6.07) is 40.6. The highest BCUT2D eigenvalue weighted by molar-refractivity contribution is 7.63. The van der Waals surface area contributed by atoms with Gasteiger partial charge in [0, 0.05) is 16.0 Å². The van der Waals surface area contributed by atoms with Crippen molar-refractivity contribution in [3.05, 3.63) is 115 Å². The molecule has 0 radical (unpaired) electrons. The molecule has 0 saturated heterocycles. The first-order valence-corrected chi connectivity index (χ1v) is 17.3. The van der Waals surface area contributed by atoms with Crippen molar-refractivity contribution < 1.29 is 13.6 Å². The third kappa shape index (κ3) is 4.99. The Bertz CT molecular complexity index is 2040. The Hall–Kier alpha value is -3.79. The van der Waals surface area contributed by atoms with Crippen LogP contribution in [0.15, 0.2) is 115 Å². The van der Waals surface area contributed by atoms with Gasteiger partial charge in [0.05, 0.1) is 23.4 Å². The van der Waals surface area contributed by atoms with E-state index in [9.17, 15) is 4.57 Å². The van der Waals surface area contributed by atoms with Gasteiger partial charge in [-0.2, -0.15) is 0 Å². The standard InChI is InChI=1S/C38H33O3PS/c1-3-21-40-42(39,41-22-4-2)34-25-35(36-30-17-9-5-13-26(30)23-27-14-6-10-18-31(27)36)43-38(34)37-32-19-11-7-15-28(32)24-29-16-8-12-20-33(29)37/h5-20,23-25H,3-4,21-22H2,1-2H3. The fourth-order valence-corrected chi connectivity index (χ4v) is 9.63. The Balaban J connectivity index is 1.62. The van der Waals surface area contributed by atoms with Gasteiger partial charge < -0.3 is 9.05 Å². The van der Waals surface area contributed by atoms with Crippen molar-refractivity contribution in [3.8, 4) is 20.9 Å². The largest absolute Gasteiger partial charge is 0.362 e. The molecule has 7 rings (SSSR count). The maximum atomic E-state index is 14.9. The second-order valence-corrected chi connectivity index (χ2v) is 13.9. The maximum absolute atomic E-state index is 14.9. The van der Waals surface area contributed by atoms with E-state index in [0.717, 1.165) is 55.3 Å². The first-order valence-electron chi connectivity index (χ1n) is 15.0. The van der Waals surface area contributed by atoms with E-state index < -0.39 is 7.60 Å². The molecule has 43 heavy (non-hydrogen) atoms. The lowest BCUT2D eigenvalue weighted by Gasteiger charge is -2.20. The number of thiophene rings is 1. The van der Waals surface area contributed by atoms with Crippen molar-refractivity contribution >= 4 is 67.3 Å². The fraction of sp³-hybridized carbons (Fsp3) is 0.158. The topological polar surface area (TPSA) is 35.5 Å². The third-order valence-corrected chi connectivity index (χ3v) is 11.3. The van der Waals surface area contributed by atoms with Gasteiger partial charge in [0.15, 0.2) is 0 Å². The minimum absolute atomic E-state index is 0.360. The summed E-state index contributed by atoms with van der Waals surface area (Å²) in [4.78, 5) is 1.99. The summed E-state index contributed by atoms with van der Waals surface area (Å²) in [7, 11) is -3.67. The number of hydrogen-bond acceptors (Lipinski definition) is 4. The fourth-order valence-electron chi connectivity index (χ4n) is 6.02. The highest BCUT2D eigenvalue weighted by Crippen LogP contribution is 2.55. The van der Waals surface area contributed by atoms with E-state index in [2.05, 4.69) is 115 Å². The van der Waals surface area contributed by atoms with Gasteiger partial charge in [-0.3, -0.25) is 4.57 Å². The molecule has 0 unspecified atom stereocenters. The van der Waals surface area contributed by atoms with E-state index in [1.54, 1.807) is 11.3 Å². The van der Waals surface area contributed by atoms with Crippen molar-refractivity contribution in [1.82, 2.24) is 0 Å². The summed E-state index contributed by atoms with van der Waals surface area (Å²) in [6.45, 7) is 4.79. The van der Waals surface area contributed by atoms with Crippen molar-refractivity contribution in [1.29, 1.82) is 0 Å². The molecule has 3 nitrogen and oxygen atoms in total. The smallest absolute Gasteiger partial charge is 0.305 e. The first kappa shape index (κ1) is 28.0. The van der Waals surface area contributed by atoms with Crippen LogP contribution in [0.5, 0.6) is 0 Å². The second kappa shape index (κ2) is 11.7. The normalized spacial score (nSPS) is 12.1. The van der Waals surface area contributed by atoms with Crippen molar-refractivity contribution in [2.45, 2.75) is 26.7 Å². The van der Waals surface area contributed by atoms with E-state index in [0.29, 0.717) is 18.5 Å². The van der Waals surface area contributed by atoms with Crippen LogP contribution in [-0.4, -0.2) is 13.2 Å². The van der Waals surface area contributed by atoms with Crippen molar-refractivity contribution in [2.75, 3.05) is 13.2 Å². The zero-order valence-corrected chi connectivity index (χ0v) is 26.1. The molecule has 6 aromatic carbocycles. The molecule has 214 valence electrons. The summed E-state index contributed by atoms with van der Waals surface area (Å²) >= 11 is 1.69. The Morgan fingerprint density at radius 3 is 1.37 bits per heavy atom. The Morgan fingerprint density at radius 2 is 0.953 bits per heavy atom. The van der Waals surface area contributed by atoms with Gasteiger partial charge >= 0.3 is 7.60 Å². The number of fused-ring (bicyclic) bond motifs is 4. The molecule has 0 saturated carbocycles. The van der Waals surface area contributed by atoms with E-state index in [-0.39, 0.29) is 0 Å². The molecular formula is C38H33O3PS. The highest BCUT2D eigenvalue weighted by atomic mass is 32.1. The molecule has 1 heterocycles. The molecular weight excluding hydrogens is 567 g/mol. The molecule has 0 amide bonds. The molecule has 0 aliphatic heterocycles. The number of benzene rings is 6. The summed E-state index contributed by atoms with van der Waals surface area (Å²) in [5.74, 6) is 0. The van der Waals surface area contributed by atoms with E-state index in [1.807, 2.05) is 13.8 Å². The molecule has 7 aromatic rings. The summed E-state index contributed by atoms with van der Waals surface area (Å²) in [6.07, 6.45) is 1.49. The summed E-state index contributed by atoms with van der Waals surface area (Å²) in [5.41, 5.74) is 2.22. The van der Waals surface area contributed by atoms with Crippen molar-refractivity contribution in [3.63, 3.8) is 0 Å². The molecule has 0 fully saturated rings. The quantitative estimate of drug-likeness (QED) is 0.122. The molecule has 5 heteroatoms. The van der Waals surface area contributed by atoms with Gasteiger partial charge in [-0.05, 0) is 74.1 Å². The minimum Gasteiger partial charge on any atom is -0.305 e. The van der Waals surface area contributed by atoms with Crippen LogP contribution < -0.4 is 5.30 Å². The molecule has 0 aliphatic carbocycles. The molecule has 0 bridgehead atoms. The Kier molecular flexibility index (Phi) is 7.63. The van der Waals surface area contributed by atoms with Crippen LogP contribution in [0.2, 0.25) is 0 Å². The Labute approximate surface area is 256 Å². The first-order chi connectivity index (χ1) is 21.1. The van der Waals surface area contributed by atoms with Gasteiger partial charge in [0.1, 0.15) is 0 Å². The van der Waals surface area contributed by atoms with Gasteiger partial charge in [-0.1, -0.05) is 111 Å². The number of rotatable bonds is 9. The predicted molar refractivity (Wildman–Crippen MR) is 185 cm³/mol. The Morgan fingerprint density at radius 1 is 0.558 bits per heavy atom. The van der Waals surface area contributed by atoms with Crippen LogP contribution in [0, 0.1) is 0 Å². The second-order valence-electron chi connectivity index (χ2n) is 10.9. The lowest BCUT2D eigenvalue weighted by atomic mass is 9.95. The lowest BCUT2D eigenvalue weighted by molar-refractivity contribution is 0.213. The zero-order valence-electron chi connectivity index (χ0n) is 24.4. The molecule has 0 atom stereocenters.